The number of amides is 1. The van der Waals surface area contributed by atoms with Gasteiger partial charge in [0.2, 0.25) is 5.91 Å². The van der Waals surface area contributed by atoms with Gasteiger partial charge >= 0.3 is 5.97 Å². The number of likely N-dealkylation sites (N-methyl/N-ethyl adjacent to an activating group) is 1. The van der Waals surface area contributed by atoms with Gasteiger partial charge in [0.1, 0.15) is 11.3 Å². The Labute approximate surface area is 118 Å². The zero-order valence-corrected chi connectivity index (χ0v) is 12.1. The predicted octanol–water partition coefficient (Wildman–Crippen LogP) is 2.03. The Morgan fingerprint density at radius 2 is 1.80 bits per heavy atom. The molecule has 0 atom stereocenters. The molecule has 0 fully saturated rings. The molecule has 0 saturated heterocycles. The van der Waals surface area contributed by atoms with Crippen molar-refractivity contribution in [2.75, 3.05) is 14.2 Å². The van der Waals surface area contributed by atoms with Crippen molar-refractivity contribution in [3.63, 3.8) is 0 Å². The number of hydrogen-bond acceptors (Lipinski definition) is 3. The summed E-state index contributed by atoms with van der Waals surface area (Å²) < 4.78 is 5.04. The van der Waals surface area contributed by atoms with E-state index in [1.165, 1.54) is 31.9 Å². The largest absolute Gasteiger partial charge is 0.497 e. The zero-order valence-electron chi connectivity index (χ0n) is 12.1. The van der Waals surface area contributed by atoms with Gasteiger partial charge in [-0.3, -0.25) is 4.79 Å². The van der Waals surface area contributed by atoms with Crippen LogP contribution in [-0.2, 0) is 9.59 Å². The Balaban J connectivity index is 2.79. The summed E-state index contributed by atoms with van der Waals surface area (Å²) in [5.41, 5.74) is -0.415. The van der Waals surface area contributed by atoms with Gasteiger partial charge in [-0.2, -0.15) is 0 Å². The molecule has 1 rings (SSSR count). The van der Waals surface area contributed by atoms with Crippen LogP contribution in [0.25, 0.3) is 6.08 Å². The molecule has 5 nitrogen and oxygen atoms in total. The maximum atomic E-state index is 11.9. The number of carboxylic acids is 1. The highest BCUT2D eigenvalue weighted by atomic mass is 16.5. The monoisotopic (exact) mass is 277 g/mol. The third kappa shape index (κ3) is 3.60. The summed E-state index contributed by atoms with van der Waals surface area (Å²) in [6.45, 7) is 2.96. The van der Waals surface area contributed by atoms with Crippen molar-refractivity contribution in [2.24, 2.45) is 0 Å². The average molecular weight is 277 g/mol. The molecule has 0 spiro atoms. The second-order valence-corrected chi connectivity index (χ2v) is 4.87. The number of methoxy groups -OCH3 is 1. The number of hydrogen-bond donors (Lipinski definition) is 1. The Kier molecular flexibility index (Phi) is 4.91. The topological polar surface area (TPSA) is 66.8 Å². The molecule has 0 bridgehead atoms. The number of ether oxygens (including phenoxy) is 1. The van der Waals surface area contributed by atoms with Crippen LogP contribution in [0, 0.1) is 0 Å². The highest BCUT2D eigenvalue weighted by molar-refractivity contribution is 5.95. The minimum atomic E-state index is -1.25. The van der Waals surface area contributed by atoms with Crippen LogP contribution < -0.4 is 4.74 Å². The zero-order chi connectivity index (χ0) is 15.3. The molecule has 0 aromatic heterocycles. The average Bonchev–Trinajstić information content (AvgIpc) is 2.44. The van der Waals surface area contributed by atoms with Crippen LogP contribution in [0.4, 0.5) is 0 Å². The highest BCUT2D eigenvalue weighted by Gasteiger charge is 2.34. The number of benzene rings is 1. The minimum Gasteiger partial charge on any atom is -0.497 e. The van der Waals surface area contributed by atoms with Crippen LogP contribution in [0.2, 0.25) is 0 Å². The van der Waals surface area contributed by atoms with E-state index in [0.717, 1.165) is 11.3 Å². The maximum absolute atomic E-state index is 11.9. The van der Waals surface area contributed by atoms with E-state index in [1.807, 2.05) is 12.1 Å². The molecule has 20 heavy (non-hydrogen) atoms. The molecule has 1 amide bonds. The fourth-order valence-corrected chi connectivity index (χ4v) is 1.41. The van der Waals surface area contributed by atoms with E-state index in [-0.39, 0.29) is 5.91 Å². The van der Waals surface area contributed by atoms with Gasteiger partial charge in [-0.05, 0) is 37.6 Å². The van der Waals surface area contributed by atoms with E-state index >= 15 is 0 Å². The summed E-state index contributed by atoms with van der Waals surface area (Å²) in [7, 11) is 3.05. The summed E-state index contributed by atoms with van der Waals surface area (Å²) in [5.74, 6) is -0.683. The first-order valence-electron chi connectivity index (χ1n) is 6.12. The fourth-order valence-electron chi connectivity index (χ4n) is 1.41. The SMILES string of the molecule is COc1ccc(C=CC(=O)N(C)C(C)(C)C(=O)O)cc1. The molecule has 0 aliphatic carbocycles. The molecule has 0 saturated carbocycles. The van der Waals surface area contributed by atoms with Crippen LogP contribution in [0.15, 0.2) is 30.3 Å². The van der Waals surface area contributed by atoms with Gasteiger partial charge in [-0.1, -0.05) is 12.1 Å². The summed E-state index contributed by atoms with van der Waals surface area (Å²) in [6, 6.07) is 7.19. The van der Waals surface area contributed by atoms with Crippen molar-refractivity contribution in [1.29, 1.82) is 0 Å². The van der Waals surface area contributed by atoms with Gasteiger partial charge < -0.3 is 14.7 Å². The number of carboxylic acid groups (broad SMARTS) is 1. The van der Waals surface area contributed by atoms with Crippen LogP contribution in [0.1, 0.15) is 19.4 Å². The third-order valence-corrected chi connectivity index (χ3v) is 3.23. The van der Waals surface area contributed by atoms with Crippen molar-refractivity contribution < 1.29 is 19.4 Å². The number of carbonyl (C=O) groups excluding carboxylic acids is 1. The van der Waals surface area contributed by atoms with Gasteiger partial charge in [0.05, 0.1) is 7.11 Å². The number of nitrogens with zero attached hydrogens (tertiary/aromatic N) is 1. The first-order valence-corrected chi connectivity index (χ1v) is 6.12. The molecule has 1 aromatic rings. The van der Waals surface area contributed by atoms with Crippen molar-refractivity contribution in [2.45, 2.75) is 19.4 Å². The molecular formula is C15H19NO4. The number of aliphatic carboxylic acids is 1. The van der Waals surface area contributed by atoms with E-state index in [1.54, 1.807) is 25.3 Å². The molecule has 108 valence electrons. The molecular weight excluding hydrogens is 258 g/mol. The van der Waals surface area contributed by atoms with Gasteiger partial charge in [-0.15, -0.1) is 0 Å². The van der Waals surface area contributed by atoms with E-state index in [0.29, 0.717) is 0 Å². The lowest BCUT2D eigenvalue weighted by molar-refractivity contribution is -0.153. The molecule has 0 unspecified atom stereocenters. The standard InChI is InChI=1S/C15H19NO4/c1-15(2,14(18)19)16(3)13(17)10-7-11-5-8-12(20-4)9-6-11/h5-10H,1-4H3,(H,18,19). The number of rotatable bonds is 5. The normalized spacial score (nSPS) is 11.4. The van der Waals surface area contributed by atoms with Crippen LogP contribution in [0.5, 0.6) is 5.75 Å². The highest BCUT2D eigenvalue weighted by Crippen LogP contribution is 2.15. The lowest BCUT2D eigenvalue weighted by atomic mass is 10.0. The Morgan fingerprint density at radius 1 is 1.25 bits per heavy atom. The lowest BCUT2D eigenvalue weighted by Crippen LogP contribution is -2.50. The van der Waals surface area contributed by atoms with Gasteiger partial charge in [0, 0.05) is 13.1 Å². The fraction of sp³-hybridized carbons (Fsp3) is 0.333. The molecule has 0 heterocycles. The van der Waals surface area contributed by atoms with E-state index in [4.69, 9.17) is 9.84 Å². The summed E-state index contributed by atoms with van der Waals surface area (Å²) >= 11 is 0. The summed E-state index contributed by atoms with van der Waals surface area (Å²) in [5, 5.41) is 9.07. The van der Waals surface area contributed by atoms with Crippen LogP contribution in [-0.4, -0.2) is 41.6 Å². The number of carbonyl (C=O) groups is 2. The molecule has 1 aromatic carbocycles. The second kappa shape index (κ2) is 6.23. The van der Waals surface area contributed by atoms with Gasteiger partial charge in [-0.25, -0.2) is 4.79 Å². The Morgan fingerprint density at radius 3 is 2.25 bits per heavy atom. The van der Waals surface area contributed by atoms with E-state index < -0.39 is 11.5 Å². The lowest BCUT2D eigenvalue weighted by Gasteiger charge is -2.30. The first kappa shape index (κ1) is 15.8. The first-order chi connectivity index (χ1) is 9.28. The van der Waals surface area contributed by atoms with Crippen molar-refractivity contribution in [1.82, 2.24) is 4.90 Å². The van der Waals surface area contributed by atoms with Crippen molar-refractivity contribution in [3.05, 3.63) is 35.9 Å². The van der Waals surface area contributed by atoms with Crippen LogP contribution in [0.3, 0.4) is 0 Å². The van der Waals surface area contributed by atoms with Gasteiger partial charge in [0.15, 0.2) is 0 Å². The predicted molar refractivity (Wildman–Crippen MR) is 76.5 cm³/mol. The van der Waals surface area contributed by atoms with E-state index in [2.05, 4.69) is 0 Å². The van der Waals surface area contributed by atoms with Gasteiger partial charge in [0.25, 0.3) is 0 Å². The smallest absolute Gasteiger partial charge is 0.329 e. The molecule has 0 aliphatic heterocycles. The minimum absolute atomic E-state index is 0.367. The Bertz CT molecular complexity index is 517. The van der Waals surface area contributed by atoms with E-state index in [9.17, 15) is 9.59 Å². The molecule has 1 N–H and O–H groups in total. The second-order valence-electron chi connectivity index (χ2n) is 4.87. The molecule has 5 heteroatoms. The van der Waals surface area contributed by atoms with Crippen LogP contribution >= 0.6 is 0 Å². The Hall–Kier alpha value is -2.30. The molecule has 0 aliphatic rings. The van der Waals surface area contributed by atoms with Crippen molar-refractivity contribution >= 4 is 18.0 Å². The quantitative estimate of drug-likeness (QED) is 0.836. The maximum Gasteiger partial charge on any atom is 0.329 e. The third-order valence-electron chi connectivity index (χ3n) is 3.23. The molecule has 0 radical (unpaired) electrons. The summed E-state index contributed by atoms with van der Waals surface area (Å²) in [4.78, 5) is 24.2. The summed E-state index contributed by atoms with van der Waals surface area (Å²) in [6.07, 6.45) is 2.99. The van der Waals surface area contributed by atoms with Crippen molar-refractivity contribution in [3.8, 4) is 5.75 Å².